The normalized spacial score (nSPS) is 17.8. The Morgan fingerprint density at radius 2 is 1.87 bits per heavy atom. The van der Waals surface area contributed by atoms with Gasteiger partial charge in [0.2, 0.25) is 5.91 Å². The lowest BCUT2D eigenvalue weighted by Gasteiger charge is -2.33. The first-order valence-electron chi connectivity index (χ1n) is 12.7. The van der Waals surface area contributed by atoms with Gasteiger partial charge in [-0.15, -0.1) is 18.3 Å². The van der Waals surface area contributed by atoms with Crippen molar-refractivity contribution in [1.82, 2.24) is 15.5 Å². The molecule has 204 valence electrons. The number of carbonyl (C=O) groups is 3. The topological polar surface area (TPSA) is 108 Å². The Hall–Kier alpha value is -3.30. The number of nitrogens with zero attached hydrogens (tertiary/aromatic N) is 1. The number of carbonyl (C=O) groups excluding carboxylic acids is 3. The molecule has 0 saturated carbocycles. The van der Waals surface area contributed by atoms with E-state index in [2.05, 4.69) is 17.2 Å². The van der Waals surface area contributed by atoms with Crippen LogP contribution in [0.5, 0.6) is 0 Å². The van der Waals surface area contributed by atoms with Crippen molar-refractivity contribution in [2.24, 2.45) is 0 Å². The summed E-state index contributed by atoms with van der Waals surface area (Å²) in [4.78, 5) is 40.8. The first-order chi connectivity index (χ1) is 18.1. The summed E-state index contributed by atoms with van der Waals surface area (Å²) in [6.45, 7) is 9.87. The predicted octanol–water partition coefficient (Wildman–Crippen LogP) is 3.57. The lowest BCUT2D eigenvalue weighted by Crippen LogP contribution is -2.58. The van der Waals surface area contributed by atoms with Gasteiger partial charge < -0.3 is 25.4 Å². The van der Waals surface area contributed by atoms with Gasteiger partial charge in [-0.2, -0.15) is 0 Å². The van der Waals surface area contributed by atoms with Crippen LogP contribution < -0.4 is 10.6 Å². The van der Waals surface area contributed by atoms with Crippen LogP contribution >= 0.6 is 11.8 Å². The van der Waals surface area contributed by atoms with Crippen molar-refractivity contribution in [2.75, 3.05) is 12.5 Å². The minimum absolute atomic E-state index is 0.136. The number of nitrogens with one attached hydrogen (secondary N) is 2. The first kappa shape index (κ1) is 29.3. The quantitative estimate of drug-likeness (QED) is 0.298. The number of aliphatic hydroxyl groups is 1. The lowest BCUT2D eigenvalue weighted by atomic mass is 9.97. The van der Waals surface area contributed by atoms with Crippen molar-refractivity contribution in [3.63, 3.8) is 0 Å². The summed E-state index contributed by atoms with van der Waals surface area (Å²) in [6.07, 6.45) is 0.00677. The van der Waals surface area contributed by atoms with Crippen LogP contribution in [0.15, 0.2) is 67.3 Å². The van der Waals surface area contributed by atoms with Gasteiger partial charge in [-0.05, 0) is 50.3 Å². The molecule has 2 aromatic carbocycles. The number of alkyl carbamates (subject to hydrolysis) is 1. The van der Waals surface area contributed by atoms with E-state index in [1.165, 1.54) is 16.7 Å². The van der Waals surface area contributed by atoms with Crippen LogP contribution in [-0.4, -0.2) is 63.3 Å². The molecule has 1 fully saturated rings. The maximum atomic E-state index is 13.6. The minimum atomic E-state index is -1.58. The number of aryl methyl sites for hydroxylation is 1. The third kappa shape index (κ3) is 7.61. The molecule has 0 aliphatic carbocycles. The first-order valence-corrected chi connectivity index (χ1v) is 13.7. The molecule has 1 saturated heterocycles. The molecule has 0 spiro atoms. The maximum absolute atomic E-state index is 13.6. The molecule has 2 aromatic rings. The Labute approximate surface area is 228 Å². The van der Waals surface area contributed by atoms with Crippen LogP contribution in [-0.2, 0) is 27.3 Å². The second-order valence-corrected chi connectivity index (χ2v) is 11.4. The summed E-state index contributed by atoms with van der Waals surface area (Å²) >= 11 is 1.47. The average molecular weight is 540 g/mol. The van der Waals surface area contributed by atoms with Gasteiger partial charge in [0.1, 0.15) is 6.04 Å². The lowest BCUT2D eigenvalue weighted by molar-refractivity contribution is -0.147. The maximum Gasteiger partial charge on any atom is 0.407 e. The Balaban J connectivity index is 1.76. The highest BCUT2D eigenvalue weighted by atomic mass is 32.2. The van der Waals surface area contributed by atoms with Crippen molar-refractivity contribution >= 4 is 29.7 Å². The van der Waals surface area contributed by atoms with Gasteiger partial charge >= 0.3 is 6.09 Å². The zero-order chi connectivity index (χ0) is 27.7. The van der Waals surface area contributed by atoms with E-state index in [-0.39, 0.29) is 24.8 Å². The Bertz CT molecular complexity index is 1120. The summed E-state index contributed by atoms with van der Waals surface area (Å²) in [6, 6.07) is 15.3. The van der Waals surface area contributed by atoms with Gasteiger partial charge in [0, 0.05) is 11.3 Å². The van der Waals surface area contributed by atoms with E-state index in [1.807, 2.05) is 75.4 Å². The number of amides is 3. The van der Waals surface area contributed by atoms with Crippen LogP contribution in [0.3, 0.4) is 0 Å². The number of hydrogen-bond acceptors (Lipinski definition) is 6. The summed E-state index contributed by atoms with van der Waals surface area (Å²) in [5, 5.41) is 16.8. The van der Waals surface area contributed by atoms with E-state index < -0.39 is 34.9 Å². The predicted molar refractivity (Wildman–Crippen MR) is 149 cm³/mol. The molecule has 3 N–H and O–H groups in total. The van der Waals surface area contributed by atoms with Gasteiger partial charge in [-0.1, -0.05) is 60.7 Å². The average Bonchev–Trinajstić information content (AvgIpc) is 3.22. The van der Waals surface area contributed by atoms with E-state index in [1.54, 1.807) is 6.08 Å². The van der Waals surface area contributed by atoms with Crippen LogP contribution in [0, 0.1) is 6.92 Å². The zero-order valence-electron chi connectivity index (χ0n) is 22.2. The van der Waals surface area contributed by atoms with E-state index in [4.69, 9.17) is 4.74 Å². The van der Waals surface area contributed by atoms with E-state index >= 15 is 0 Å². The van der Waals surface area contributed by atoms with Gasteiger partial charge in [-0.25, -0.2) is 4.79 Å². The highest BCUT2D eigenvalue weighted by Crippen LogP contribution is 2.40. The molecule has 0 aromatic heterocycles. The third-order valence-corrected chi connectivity index (χ3v) is 7.96. The fourth-order valence-electron chi connectivity index (χ4n) is 4.38. The molecule has 9 heteroatoms. The third-order valence-electron chi connectivity index (χ3n) is 6.58. The Morgan fingerprint density at radius 1 is 1.18 bits per heavy atom. The molecular formula is C29H37N3O5S. The molecule has 0 bridgehead atoms. The molecule has 1 aliphatic heterocycles. The summed E-state index contributed by atoms with van der Waals surface area (Å²) in [5.74, 6) is -0.667. The van der Waals surface area contributed by atoms with Crippen molar-refractivity contribution in [3.8, 4) is 0 Å². The highest BCUT2D eigenvalue weighted by molar-refractivity contribution is 8.00. The van der Waals surface area contributed by atoms with Gasteiger partial charge in [0.05, 0.1) is 18.5 Å². The molecule has 0 radical (unpaired) electrons. The number of thioether (sulfide) groups is 1. The number of rotatable bonds is 11. The van der Waals surface area contributed by atoms with Crippen molar-refractivity contribution in [1.29, 1.82) is 0 Å². The second-order valence-electron chi connectivity index (χ2n) is 9.83. The van der Waals surface area contributed by atoms with Crippen LogP contribution in [0.2, 0.25) is 0 Å². The van der Waals surface area contributed by atoms with Crippen molar-refractivity contribution in [3.05, 3.63) is 83.9 Å². The minimum Gasteiger partial charge on any atom is -0.449 e. The monoisotopic (exact) mass is 539 g/mol. The largest absolute Gasteiger partial charge is 0.449 e. The second kappa shape index (κ2) is 13.5. The highest BCUT2D eigenvalue weighted by Gasteiger charge is 2.49. The molecule has 8 nitrogen and oxygen atoms in total. The molecular weight excluding hydrogens is 502 g/mol. The van der Waals surface area contributed by atoms with E-state index in [0.717, 1.165) is 16.7 Å². The van der Waals surface area contributed by atoms with E-state index in [0.29, 0.717) is 13.0 Å². The number of ether oxygens (including phenoxy) is 1. The van der Waals surface area contributed by atoms with Crippen LogP contribution in [0.1, 0.15) is 37.0 Å². The smallest absolute Gasteiger partial charge is 0.407 e. The SMILES string of the molecule is C=CCCOC(=O)N[C@@H](Cc1ccccc1)[C@H](O)C(=O)N1CSC(C)(C)C1C(=O)NCc1ccccc1C. The van der Waals surface area contributed by atoms with E-state index in [9.17, 15) is 19.5 Å². The fraction of sp³-hybridized carbons (Fsp3) is 0.414. The zero-order valence-corrected chi connectivity index (χ0v) is 23.0. The van der Waals surface area contributed by atoms with Gasteiger partial charge in [-0.3, -0.25) is 9.59 Å². The number of aliphatic hydroxyl groups excluding tert-OH is 1. The van der Waals surface area contributed by atoms with Crippen molar-refractivity contribution < 1.29 is 24.2 Å². The van der Waals surface area contributed by atoms with Crippen LogP contribution in [0.25, 0.3) is 0 Å². The molecule has 3 amide bonds. The van der Waals surface area contributed by atoms with Crippen LogP contribution in [0.4, 0.5) is 4.79 Å². The molecule has 1 heterocycles. The Kier molecular flexibility index (Phi) is 10.4. The molecule has 1 aliphatic rings. The van der Waals surface area contributed by atoms with Crippen molar-refractivity contribution in [2.45, 2.75) is 63.1 Å². The van der Waals surface area contributed by atoms with Gasteiger partial charge in [0.15, 0.2) is 6.10 Å². The standard InChI is InChI=1S/C29H37N3O5S/c1-5-6-16-37-28(36)31-23(17-21-13-8-7-9-14-21)24(33)27(35)32-19-38-29(3,4)25(32)26(34)30-18-22-15-11-10-12-20(22)2/h5,7-15,23-25,33H,1,6,16-19H2,2-4H3,(H,30,34)(H,31,36)/t23-,24-,25?/m0/s1. The fourth-order valence-corrected chi connectivity index (χ4v) is 5.52. The molecule has 3 atom stereocenters. The van der Waals surface area contributed by atoms with Gasteiger partial charge in [0.25, 0.3) is 5.91 Å². The molecule has 3 rings (SSSR count). The summed E-state index contributed by atoms with van der Waals surface area (Å²) in [5.41, 5.74) is 2.88. The molecule has 1 unspecified atom stereocenters. The number of hydrogen-bond donors (Lipinski definition) is 3. The summed E-state index contributed by atoms with van der Waals surface area (Å²) < 4.78 is 4.58. The Morgan fingerprint density at radius 3 is 2.55 bits per heavy atom. The molecule has 38 heavy (non-hydrogen) atoms. The number of benzene rings is 2. The summed E-state index contributed by atoms with van der Waals surface area (Å²) in [7, 11) is 0.